The lowest BCUT2D eigenvalue weighted by atomic mass is 10.5. The van der Waals surface area contributed by atoms with Gasteiger partial charge in [-0.05, 0) is 22.9 Å². The number of aromatic nitrogens is 2. The van der Waals surface area contributed by atoms with Crippen LogP contribution in [0.4, 0.5) is 11.6 Å². The van der Waals surface area contributed by atoms with Crippen molar-refractivity contribution in [3.05, 3.63) is 10.8 Å². The summed E-state index contributed by atoms with van der Waals surface area (Å²) in [6, 6.07) is 0. The zero-order valence-corrected chi connectivity index (χ0v) is 10.8. The fourth-order valence-electron chi connectivity index (χ4n) is 1.09. The lowest BCUT2D eigenvalue weighted by Crippen LogP contribution is -2.29. The van der Waals surface area contributed by atoms with Crippen LogP contribution >= 0.6 is 15.9 Å². The maximum Gasteiger partial charge on any atom is 0.239 e. The molecule has 88 valence electrons. The quantitative estimate of drug-likeness (QED) is 0.748. The van der Waals surface area contributed by atoms with Crippen LogP contribution in [-0.2, 0) is 4.79 Å². The van der Waals surface area contributed by atoms with Crippen molar-refractivity contribution in [1.82, 2.24) is 15.3 Å². The van der Waals surface area contributed by atoms with Gasteiger partial charge in [-0.1, -0.05) is 0 Å². The van der Waals surface area contributed by atoms with Gasteiger partial charge in [-0.25, -0.2) is 9.97 Å². The Morgan fingerprint density at radius 2 is 2.12 bits per heavy atom. The van der Waals surface area contributed by atoms with Gasteiger partial charge in [0.1, 0.15) is 22.4 Å². The number of rotatable bonds is 5. The van der Waals surface area contributed by atoms with Crippen LogP contribution in [0.15, 0.2) is 10.8 Å². The molecule has 1 amide bonds. The fourth-order valence-corrected chi connectivity index (χ4v) is 1.63. The number of amides is 1. The van der Waals surface area contributed by atoms with E-state index in [0.29, 0.717) is 22.7 Å². The molecule has 1 heterocycles. The molecule has 0 radical (unpaired) electrons. The van der Waals surface area contributed by atoms with E-state index in [-0.39, 0.29) is 12.5 Å². The molecule has 0 saturated carbocycles. The molecule has 0 unspecified atom stereocenters. The van der Waals surface area contributed by atoms with Crippen LogP contribution < -0.4 is 16.0 Å². The van der Waals surface area contributed by atoms with Gasteiger partial charge >= 0.3 is 0 Å². The molecule has 0 aliphatic rings. The third-order valence-electron chi connectivity index (χ3n) is 1.82. The van der Waals surface area contributed by atoms with Crippen LogP contribution in [0.5, 0.6) is 0 Å². The highest BCUT2D eigenvalue weighted by atomic mass is 79.9. The van der Waals surface area contributed by atoms with Crippen LogP contribution in [-0.4, -0.2) is 36.0 Å². The highest BCUT2D eigenvalue weighted by molar-refractivity contribution is 9.10. The van der Waals surface area contributed by atoms with E-state index in [9.17, 15) is 4.79 Å². The van der Waals surface area contributed by atoms with Crippen molar-refractivity contribution in [1.29, 1.82) is 0 Å². The summed E-state index contributed by atoms with van der Waals surface area (Å²) in [6.07, 6.45) is 1.43. The molecule has 0 atom stereocenters. The standard InChI is InChI=1S/C9H14BrN5O/c1-3-12-6(16)4-13-9-7(10)8(11-2)14-5-15-9/h5H,3-4H2,1-2H3,(H,12,16)(H2,11,13,14,15). The molecule has 1 aromatic rings. The molecule has 16 heavy (non-hydrogen) atoms. The van der Waals surface area contributed by atoms with Gasteiger partial charge in [0.25, 0.3) is 0 Å². The number of likely N-dealkylation sites (N-methyl/N-ethyl adjacent to an activating group) is 1. The van der Waals surface area contributed by atoms with E-state index in [0.717, 1.165) is 0 Å². The Labute approximate surface area is 102 Å². The zero-order chi connectivity index (χ0) is 12.0. The minimum atomic E-state index is -0.0704. The second-order valence-corrected chi connectivity index (χ2v) is 3.73. The van der Waals surface area contributed by atoms with E-state index in [1.54, 1.807) is 7.05 Å². The average molecular weight is 288 g/mol. The normalized spacial score (nSPS) is 9.69. The predicted octanol–water partition coefficient (Wildman–Crippen LogP) is 0.829. The lowest BCUT2D eigenvalue weighted by Gasteiger charge is -2.09. The number of anilines is 2. The summed E-state index contributed by atoms with van der Waals surface area (Å²) < 4.78 is 0.710. The Bertz CT molecular complexity index is 371. The number of nitrogens with one attached hydrogen (secondary N) is 3. The van der Waals surface area contributed by atoms with Gasteiger partial charge in [0.15, 0.2) is 0 Å². The van der Waals surface area contributed by atoms with E-state index in [4.69, 9.17) is 0 Å². The van der Waals surface area contributed by atoms with Crippen molar-refractivity contribution in [2.45, 2.75) is 6.92 Å². The van der Waals surface area contributed by atoms with E-state index in [2.05, 4.69) is 41.8 Å². The Kier molecular flexibility index (Phi) is 4.97. The maximum absolute atomic E-state index is 11.2. The smallest absolute Gasteiger partial charge is 0.239 e. The van der Waals surface area contributed by atoms with E-state index >= 15 is 0 Å². The summed E-state index contributed by atoms with van der Waals surface area (Å²) in [7, 11) is 1.76. The molecule has 0 aliphatic heterocycles. The summed E-state index contributed by atoms with van der Waals surface area (Å²) in [5, 5.41) is 8.52. The molecular weight excluding hydrogens is 274 g/mol. The predicted molar refractivity (Wildman–Crippen MR) is 66.5 cm³/mol. The number of hydrogen-bond donors (Lipinski definition) is 3. The minimum Gasteiger partial charge on any atom is -0.372 e. The first kappa shape index (κ1) is 12.7. The highest BCUT2D eigenvalue weighted by Gasteiger charge is 2.08. The molecule has 3 N–H and O–H groups in total. The van der Waals surface area contributed by atoms with E-state index in [1.807, 2.05) is 6.92 Å². The SMILES string of the molecule is CCNC(=O)CNc1ncnc(NC)c1Br. The minimum absolute atomic E-state index is 0.0704. The van der Waals surface area contributed by atoms with E-state index < -0.39 is 0 Å². The molecule has 0 fully saturated rings. The Morgan fingerprint density at radius 3 is 2.75 bits per heavy atom. The molecule has 0 bridgehead atoms. The Morgan fingerprint density at radius 1 is 1.44 bits per heavy atom. The first-order valence-corrected chi connectivity index (χ1v) is 5.67. The molecule has 0 aliphatic carbocycles. The van der Waals surface area contributed by atoms with Crippen LogP contribution in [0.1, 0.15) is 6.92 Å². The summed E-state index contributed by atoms with van der Waals surface area (Å²) in [5.74, 6) is 1.19. The van der Waals surface area contributed by atoms with Gasteiger partial charge in [-0.15, -0.1) is 0 Å². The van der Waals surface area contributed by atoms with Gasteiger partial charge in [0.05, 0.1) is 6.54 Å². The van der Waals surface area contributed by atoms with Gasteiger partial charge < -0.3 is 16.0 Å². The topological polar surface area (TPSA) is 78.9 Å². The van der Waals surface area contributed by atoms with Gasteiger partial charge in [-0.2, -0.15) is 0 Å². The number of hydrogen-bond acceptors (Lipinski definition) is 5. The molecular formula is C9H14BrN5O. The average Bonchev–Trinajstić information content (AvgIpc) is 2.28. The molecule has 6 nitrogen and oxygen atoms in total. The van der Waals surface area contributed by atoms with Crippen molar-refractivity contribution in [3.8, 4) is 0 Å². The summed E-state index contributed by atoms with van der Waals surface area (Å²) >= 11 is 3.35. The maximum atomic E-state index is 11.2. The van der Waals surface area contributed by atoms with Crippen molar-refractivity contribution >= 4 is 33.5 Å². The zero-order valence-electron chi connectivity index (χ0n) is 9.17. The summed E-state index contributed by atoms with van der Waals surface area (Å²) in [5.41, 5.74) is 0. The van der Waals surface area contributed by atoms with Crippen molar-refractivity contribution in [3.63, 3.8) is 0 Å². The third kappa shape index (κ3) is 3.34. The van der Waals surface area contributed by atoms with E-state index in [1.165, 1.54) is 6.33 Å². The monoisotopic (exact) mass is 287 g/mol. The Hall–Kier alpha value is -1.37. The van der Waals surface area contributed by atoms with Crippen LogP contribution in [0.3, 0.4) is 0 Å². The van der Waals surface area contributed by atoms with Crippen LogP contribution in [0.25, 0.3) is 0 Å². The molecule has 0 spiro atoms. The molecule has 7 heteroatoms. The second-order valence-electron chi connectivity index (χ2n) is 2.94. The number of carbonyl (C=O) groups is 1. The largest absolute Gasteiger partial charge is 0.372 e. The second kappa shape index (κ2) is 6.26. The molecule has 1 rings (SSSR count). The van der Waals surface area contributed by atoms with Crippen LogP contribution in [0.2, 0.25) is 0 Å². The Balaban J connectivity index is 2.63. The van der Waals surface area contributed by atoms with Gasteiger partial charge in [0.2, 0.25) is 5.91 Å². The van der Waals surface area contributed by atoms with Crippen molar-refractivity contribution in [2.75, 3.05) is 30.8 Å². The highest BCUT2D eigenvalue weighted by Crippen LogP contribution is 2.25. The fraction of sp³-hybridized carbons (Fsp3) is 0.444. The third-order valence-corrected chi connectivity index (χ3v) is 2.57. The lowest BCUT2D eigenvalue weighted by molar-refractivity contribution is -0.119. The number of nitrogens with zero attached hydrogens (tertiary/aromatic N) is 2. The van der Waals surface area contributed by atoms with Gasteiger partial charge in [0, 0.05) is 13.6 Å². The summed E-state index contributed by atoms with van der Waals surface area (Å²) in [4.78, 5) is 19.3. The first-order valence-electron chi connectivity index (χ1n) is 4.87. The summed E-state index contributed by atoms with van der Waals surface area (Å²) in [6.45, 7) is 2.68. The van der Waals surface area contributed by atoms with Crippen molar-refractivity contribution in [2.24, 2.45) is 0 Å². The van der Waals surface area contributed by atoms with Crippen molar-refractivity contribution < 1.29 is 4.79 Å². The van der Waals surface area contributed by atoms with Crippen LogP contribution in [0, 0.1) is 0 Å². The first-order chi connectivity index (χ1) is 7.69. The van der Waals surface area contributed by atoms with Gasteiger partial charge in [-0.3, -0.25) is 4.79 Å². The molecule has 1 aromatic heterocycles. The molecule has 0 saturated heterocycles. The number of carbonyl (C=O) groups excluding carboxylic acids is 1. The number of halogens is 1. The molecule has 0 aromatic carbocycles.